The number of ether oxygens (including phenoxy) is 1. The van der Waals surface area contributed by atoms with E-state index in [0.717, 1.165) is 25.1 Å². The van der Waals surface area contributed by atoms with Gasteiger partial charge in [-0.1, -0.05) is 13.0 Å². The number of hydrogen-bond acceptors (Lipinski definition) is 3. The Morgan fingerprint density at radius 3 is 2.71 bits per heavy atom. The summed E-state index contributed by atoms with van der Waals surface area (Å²) in [6.45, 7) is 3.86. The number of carboxylic acids is 1. The van der Waals surface area contributed by atoms with Gasteiger partial charge in [0.1, 0.15) is 11.3 Å². The van der Waals surface area contributed by atoms with Gasteiger partial charge in [-0.25, -0.2) is 4.79 Å². The molecule has 4 nitrogen and oxygen atoms in total. The van der Waals surface area contributed by atoms with Gasteiger partial charge in [0.05, 0.1) is 7.11 Å². The third-order valence-corrected chi connectivity index (χ3v) is 2.55. The lowest BCUT2D eigenvalue weighted by atomic mass is 10.1. The maximum atomic E-state index is 11.1. The highest BCUT2D eigenvalue weighted by atomic mass is 16.5. The molecule has 0 unspecified atom stereocenters. The first-order chi connectivity index (χ1) is 8.08. The van der Waals surface area contributed by atoms with Gasteiger partial charge in [-0.15, -0.1) is 0 Å². The van der Waals surface area contributed by atoms with Crippen molar-refractivity contribution < 1.29 is 14.6 Å². The van der Waals surface area contributed by atoms with Crippen molar-refractivity contribution >= 4 is 5.97 Å². The van der Waals surface area contributed by atoms with Crippen LogP contribution in [0.5, 0.6) is 5.75 Å². The number of rotatable bonds is 6. The number of hydrogen-bond donors (Lipinski definition) is 1. The van der Waals surface area contributed by atoms with Crippen molar-refractivity contribution in [1.29, 1.82) is 0 Å². The SMILES string of the molecule is CCCN(C)Cc1ccc(OC)c(C(=O)O)c1. The minimum atomic E-state index is -0.957. The van der Waals surface area contributed by atoms with E-state index in [2.05, 4.69) is 11.8 Å². The summed E-state index contributed by atoms with van der Waals surface area (Å²) in [7, 11) is 3.50. The van der Waals surface area contributed by atoms with Crippen LogP contribution in [0.4, 0.5) is 0 Å². The van der Waals surface area contributed by atoms with Crippen molar-refractivity contribution in [2.24, 2.45) is 0 Å². The second-order valence-electron chi connectivity index (χ2n) is 4.08. The maximum absolute atomic E-state index is 11.1. The molecule has 94 valence electrons. The summed E-state index contributed by atoms with van der Waals surface area (Å²) in [5.41, 5.74) is 1.20. The molecule has 1 aromatic rings. The smallest absolute Gasteiger partial charge is 0.339 e. The summed E-state index contributed by atoms with van der Waals surface area (Å²) in [5, 5.41) is 9.07. The largest absolute Gasteiger partial charge is 0.496 e. The van der Waals surface area contributed by atoms with E-state index < -0.39 is 5.97 Å². The summed E-state index contributed by atoms with van der Waals surface area (Å²) < 4.78 is 5.02. The number of carbonyl (C=O) groups is 1. The molecule has 0 aliphatic heterocycles. The Bertz CT molecular complexity index is 390. The average molecular weight is 237 g/mol. The predicted molar refractivity (Wildman–Crippen MR) is 66.6 cm³/mol. The standard InChI is InChI=1S/C13H19NO3/c1-4-7-14(2)9-10-5-6-12(17-3)11(8-10)13(15)16/h5-6,8H,4,7,9H2,1-3H3,(H,15,16). The molecule has 0 aliphatic rings. The monoisotopic (exact) mass is 237 g/mol. The van der Waals surface area contributed by atoms with Gasteiger partial charge in [-0.3, -0.25) is 0 Å². The van der Waals surface area contributed by atoms with Crippen molar-refractivity contribution in [3.63, 3.8) is 0 Å². The number of nitrogens with zero attached hydrogens (tertiary/aromatic N) is 1. The van der Waals surface area contributed by atoms with Crippen molar-refractivity contribution in [2.75, 3.05) is 20.7 Å². The number of carboxylic acid groups (broad SMARTS) is 1. The van der Waals surface area contributed by atoms with Gasteiger partial charge in [0.25, 0.3) is 0 Å². The average Bonchev–Trinajstić information content (AvgIpc) is 2.29. The van der Waals surface area contributed by atoms with E-state index in [1.54, 1.807) is 12.1 Å². The highest BCUT2D eigenvalue weighted by molar-refractivity contribution is 5.91. The van der Waals surface area contributed by atoms with Crippen LogP contribution < -0.4 is 4.74 Å². The number of aromatic carboxylic acids is 1. The van der Waals surface area contributed by atoms with Crippen LogP contribution in [0.1, 0.15) is 29.3 Å². The molecular weight excluding hydrogens is 218 g/mol. The molecule has 0 saturated carbocycles. The van der Waals surface area contributed by atoms with Crippen LogP contribution in [0.2, 0.25) is 0 Å². The molecular formula is C13H19NO3. The Morgan fingerprint density at radius 1 is 1.47 bits per heavy atom. The molecule has 0 radical (unpaired) electrons. The fraction of sp³-hybridized carbons (Fsp3) is 0.462. The molecule has 0 amide bonds. The summed E-state index contributed by atoms with van der Waals surface area (Å²) in [5.74, 6) is -0.554. The summed E-state index contributed by atoms with van der Waals surface area (Å²) in [4.78, 5) is 13.2. The summed E-state index contributed by atoms with van der Waals surface area (Å²) >= 11 is 0. The Morgan fingerprint density at radius 2 is 2.18 bits per heavy atom. The van der Waals surface area contributed by atoms with Crippen LogP contribution in [-0.4, -0.2) is 36.7 Å². The first-order valence-corrected chi connectivity index (χ1v) is 5.67. The normalized spacial score (nSPS) is 10.6. The summed E-state index contributed by atoms with van der Waals surface area (Å²) in [6.07, 6.45) is 1.08. The molecule has 17 heavy (non-hydrogen) atoms. The Balaban J connectivity index is 2.88. The van der Waals surface area contributed by atoms with Crippen LogP contribution in [0.15, 0.2) is 18.2 Å². The Hall–Kier alpha value is -1.55. The first kappa shape index (κ1) is 13.5. The molecule has 4 heteroatoms. The second kappa shape index (κ2) is 6.25. The third kappa shape index (κ3) is 3.75. The van der Waals surface area contributed by atoms with Gasteiger partial charge in [0.2, 0.25) is 0 Å². The molecule has 1 N–H and O–H groups in total. The lowest BCUT2D eigenvalue weighted by Crippen LogP contribution is -2.18. The fourth-order valence-electron chi connectivity index (χ4n) is 1.79. The van der Waals surface area contributed by atoms with Gasteiger partial charge in [-0.2, -0.15) is 0 Å². The van der Waals surface area contributed by atoms with Crippen molar-refractivity contribution in [2.45, 2.75) is 19.9 Å². The van der Waals surface area contributed by atoms with Gasteiger partial charge >= 0.3 is 5.97 Å². The first-order valence-electron chi connectivity index (χ1n) is 5.67. The van der Waals surface area contributed by atoms with Crippen molar-refractivity contribution in [3.05, 3.63) is 29.3 Å². The zero-order chi connectivity index (χ0) is 12.8. The van der Waals surface area contributed by atoms with E-state index in [1.165, 1.54) is 7.11 Å². The minimum Gasteiger partial charge on any atom is -0.496 e. The van der Waals surface area contributed by atoms with E-state index >= 15 is 0 Å². The molecule has 1 aromatic carbocycles. The molecule has 0 saturated heterocycles. The summed E-state index contributed by atoms with van der Waals surface area (Å²) in [6, 6.07) is 5.28. The van der Waals surface area contributed by atoms with E-state index in [1.807, 2.05) is 13.1 Å². The molecule has 0 bridgehead atoms. The topological polar surface area (TPSA) is 49.8 Å². The molecule has 0 aliphatic carbocycles. The molecule has 0 aromatic heterocycles. The van der Waals surface area contributed by atoms with Gasteiger partial charge in [0.15, 0.2) is 0 Å². The van der Waals surface area contributed by atoms with E-state index in [-0.39, 0.29) is 5.56 Å². The van der Waals surface area contributed by atoms with Crippen LogP contribution in [0.25, 0.3) is 0 Å². The molecule has 0 fully saturated rings. The molecule has 0 spiro atoms. The van der Waals surface area contributed by atoms with Crippen LogP contribution in [0.3, 0.4) is 0 Å². The van der Waals surface area contributed by atoms with E-state index in [4.69, 9.17) is 9.84 Å². The second-order valence-corrected chi connectivity index (χ2v) is 4.08. The number of methoxy groups -OCH3 is 1. The van der Waals surface area contributed by atoms with Gasteiger partial charge in [-0.05, 0) is 37.7 Å². The minimum absolute atomic E-state index is 0.217. The Labute approximate surface area is 102 Å². The number of benzene rings is 1. The lowest BCUT2D eigenvalue weighted by Gasteiger charge is -2.16. The zero-order valence-corrected chi connectivity index (χ0v) is 10.6. The lowest BCUT2D eigenvalue weighted by molar-refractivity contribution is 0.0693. The Kier molecular flexibility index (Phi) is 4.97. The maximum Gasteiger partial charge on any atom is 0.339 e. The van der Waals surface area contributed by atoms with E-state index in [0.29, 0.717) is 5.75 Å². The van der Waals surface area contributed by atoms with Crippen molar-refractivity contribution in [1.82, 2.24) is 4.90 Å². The predicted octanol–water partition coefficient (Wildman–Crippen LogP) is 2.24. The van der Waals surface area contributed by atoms with Gasteiger partial charge < -0.3 is 14.7 Å². The third-order valence-electron chi connectivity index (χ3n) is 2.55. The van der Waals surface area contributed by atoms with Crippen LogP contribution in [-0.2, 0) is 6.54 Å². The molecule has 1 rings (SSSR count). The van der Waals surface area contributed by atoms with Crippen molar-refractivity contribution in [3.8, 4) is 5.75 Å². The van der Waals surface area contributed by atoms with E-state index in [9.17, 15) is 4.79 Å². The molecule has 0 heterocycles. The quantitative estimate of drug-likeness (QED) is 0.824. The van der Waals surface area contributed by atoms with Crippen LogP contribution >= 0.6 is 0 Å². The fourth-order valence-corrected chi connectivity index (χ4v) is 1.79. The molecule has 0 atom stereocenters. The zero-order valence-electron chi connectivity index (χ0n) is 10.6. The van der Waals surface area contributed by atoms with Crippen LogP contribution in [0, 0.1) is 0 Å². The highest BCUT2D eigenvalue weighted by Crippen LogP contribution is 2.20. The highest BCUT2D eigenvalue weighted by Gasteiger charge is 2.12. The van der Waals surface area contributed by atoms with Gasteiger partial charge in [0, 0.05) is 6.54 Å².